The van der Waals surface area contributed by atoms with Crippen molar-refractivity contribution < 1.29 is 13.9 Å². The summed E-state index contributed by atoms with van der Waals surface area (Å²) in [5.41, 5.74) is 2.64. The maximum atomic E-state index is 12.6. The van der Waals surface area contributed by atoms with Crippen LogP contribution < -0.4 is 5.43 Å². The molecule has 14 heavy (non-hydrogen) atoms. The fraction of sp³-hybridized carbons (Fsp3) is 0.111. The smallest absolute Gasteiger partial charge is 0.427 e. The maximum absolute atomic E-state index is 12.6. The first-order valence-electron chi connectivity index (χ1n) is 3.85. The molecule has 74 valence electrons. The molecule has 1 N–H and O–H groups in total. The van der Waals surface area contributed by atoms with Gasteiger partial charge in [0.1, 0.15) is 5.82 Å². The highest BCUT2D eigenvalue weighted by Crippen LogP contribution is 1.99. The average molecular weight is 196 g/mol. The summed E-state index contributed by atoms with van der Waals surface area (Å²) >= 11 is 0. The van der Waals surface area contributed by atoms with E-state index in [4.69, 9.17) is 0 Å². The van der Waals surface area contributed by atoms with Crippen molar-refractivity contribution >= 4 is 12.3 Å². The molecule has 0 saturated heterocycles. The van der Waals surface area contributed by atoms with Gasteiger partial charge in [0, 0.05) is 0 Å². The standard InChI is InChI=1S/C9H9FN2O2/c1-14-9(13)12-11-6-7-3-2-4-8(10)5-7/h2-6H,1H3,(H,12,13). The third-order valence-corrected chi connectivity index (χ3v) is 1.40. The lowest BCUT2D eigenvalue weighted by Gasteiger charge is -1.95. The fourth-order valence-corrected chi connectivity index (χ4v) is 0.792. The molecule has 0 unspecified atom stereocenters. The molecule has 5 heteroatoms. The predicted molar refractivity (Wildman–Crippen MR) is 49.5 cm³/mol. The Balaban J connectivity index is 2.56. The SMILES string of the molecule is COC(=O)NN=Cc1cccc(F)c1. The molecule has 1 aromatic carbocycles. The predicted octanol–water partition coefficient (Wildman–Crippen LogP) is 1.52. The average Bonchev–Trinajstić information content (AvgIpc) is 2.17. The lowest BCUT2D eigenvalue weighted by Crippen LogP contribution is -2.16. The third kappa shape index (κ3) is 3.22. The Morgan fingerprint density at radius 3 is 3.07 bits per heavy atom. The molecule has 0 saturated carbocycles. The minimum absolute atomic E-state index is 0.355. The third-order valence-electron chi connectivity index (χ3n) is 1.40. The molecule has 0 aliphatic rings. The van der Waals surface area contributed by atoms with E-state index in [0.717, 1.165) is 0 Å². The maximum Gasteiger partial charge on any atom is 0.427 e. The van der Waals surface area contributed by atoms with Crippen LogP contribution in [0.25, 0.3) is 0 Å². The zero-order valence-corrected chi connectivity index (χ0v) is 7.53. The Hall–Kier alpha value is -1.91. The molecule has 0 spiro atoms. The molecule has 0 bridgehead atoms. The Kier molecular flexibility index (Phi) is 3.60. The molecule has 1 rings (SSSR count). The van der Waals surface area contributed by atoms with Gasteiger partial charge in [0.2, 0.25) is 0 Å². The Labute approximate surface area is 80.4 Å². The second-order valence-electron chi connectivity index (χ2n) is 2.42. The molecule has 1 aromatic rings. The van der Waals surface area contributed by atoms with Crippen molar-refractivity contribution in [2.75, 3.05) is 7.11 Å². The molecular weight excluding hydrogens is 187 g/mol. The topological polar surface area (TPSA) is 50.7 Å². The van der Waals surface area contributed by atoms with Gasteiger partial charge in [-0.05, 0) is 17.7 Å². The van der Waals surface area contributed by atoms with Crippen LogP contribution in [0.5, 0.6) is 0 Å². The molecule has 4 nitrogen and oxygen atoms in total. The lowest BCUT2D eigenvalue weighted by molar-refractivity contribution is 0.171. The van der Waals surface area contributed by atoms with Crippen LogP contribution in [0.15, 0.2) is 29.4 Å². The van der Waals surface area contributed by atoms with Gasteiger partial charge in [0.25, 0.3) is 0 Å². The van der Waals surface area contributed by atoms with Gasteiger partial charge in [-0.15, -0.1) is 0 Å². The highest BCUT2D eigenvalue weighted by Gasteiger charge is 1.93. The van der Waals surface area contributed by atoms with E-state index in [9.17, 15) is 9.18 Å². The number of hydrazone groups is 1. The van der Waals surface area contributed by atoms with E-state index in [1.165, 1.54) is 25.5 Å². The molecule has 0 heterocycles. The van der Waals surface area contributed by atoms with Crippen LogP contribution in [-0.4, -0.2) is 19.4 Å². The number of methoxy groups -OCH3 is 1. The quantitative estimate of drug-likeness (QED) is 0.575. The molecule has 0 aliphatic heterocycles. The number of amides is 1. The van der Waals surface area contributed by atoms with E-state index in [1.54, 1.807) is 12.1 Å². The zero-order chi connectivity index (χ0) is 10.4. The molecular formula is C9H9FN2O2. The monoisotopic (exact) mass is 196 g/mol. The van der Waals surface area contributed by atoms with Crippen molar-refractivity contribution in [3.05, 3.63) is 35.6 Å². The Bertz CT molecular complexity index is 352. The largest absolute Gasteiger partial charge is 0.452 e. The number of hydrogen-bond donors (Lipinski definition) is 1. The van der Waals surface area contributed by atoms with E-state index in [0.29, 0.717) is 5.56 Å². The van der Waals surface area contributed by atoms with Crippen LogP contribution in [0.3, 0.4) is 0 Å². The van der Waals surface area contributed by atoms with Gasteiger partial charge in [0.15, 0.2) is 0 Å². The highest BCUT2D eigenvalue weighted by atomic mass is 19.1. The van der Waals surface area contributed by atoms with Gasteiger partial charge in [-0.2, -0.15) is 5.10 Å². The van der Waals surface area contributed by atoms with E-state index in [2.05, 4.69) is 15.3 Å². The Morgan fingerprint density at radius 1 is 1.64 bits per heavy atom. The summed E-state index contributed by atoms with van der Waals surface area (Å²) in [5, 5.41) is 3.54. The molecule has 0 atom stereocenters. The number of halogens is 1. The summed E-state index contributed by atoms with van der Waals surface area (Å²) in [7, 11) is 1.23. The van der Waals surface area contributed by atoms with Gasteiger partial charge in [-0.1, -0.05) is 12.1 Å². The molecule has 0 aromatic heterocycles. The number of carbonyl (C=O) groups excluding carboxylic acids is 1. The summed E-state index contributed by atoms with van der Waals surface area (Å²) in [6.07, 6.45) is 0.651. The van der Waals surface area contributed by atoms with Gasteiger partial charge in [0.05, 0.1) is 13.3 Å². The first kappa shape index (κ1) is 10.2. The second kappa shape index (κ2) is 4.96. The minimum atomic E-state index is -0.669. The minimum Gasteiger partial charge on any atom is -0.452 e. The number of carbonyl (C=O) groups is 1. The van der Waals surface area contributed by atoms with Crippen molar-refractivity contribution in [3.63, 3.8) is 0 Å². The van der Waals surface area contributed by atoms with E-state index >= 15 is 0 Å². The number of ether oxygens (including phenoxy) is 1. The number of benzene rings is 1. The van der Waals surface area contributed by atoms with Gasteiger partial charge in [-0.25, -0.2) is 14.6 Å². The van der Waals surface area contributed by atoms with E-state index in [-0.39, 0.29) is 5.82 Å². The highest BCUT2D eigenvalue weighted by molar-refractivity contribution is 5.80. The van der Waals surface area contributed by atoms with Crippen LogP contribution >= 0.6 is 0 Å². The first-order chi connectivity index (χ1) is 6.72. The molecule has 0 radical (unpaired) electrons. The summed E-state index contributed by atoms with van der Waals surface area (Å²) < 4.78 is 16.9. The number of nitrogens with one attached hydrogen (secondary N) is 1. The van der Waals surface area contributed by atoms with Crippen molar-refractivity contribution in [3.8, 4) is 0 Å². The normalized spacial score (nSPS) is 10.1. The summed E-state index contributed by atoms with van der Waals surface area (Å²) in [6.45, 7) is 0. The van der Waals surface area contributed by atoms with E-state index in [1.807, 2.05) is 0 Å². The number of nitrogens with zero attached hydrogens (tertiary/aromatic N) is 1. The lowest BCUT2D eigenvalue weighted by atomic mass is 10.2. The first-order valence-corrected chi connectivity index (χ1v) is 3.85. The van der Waals surface area contributed by atoms with Crippen molar-refractivity contribution in [1.29, 1.82) is 0 Å². The second-order valence-corrected chi connectivity index (χ2v) is 2.42. The molecule has 0 fully saturated rings. The molecule has 0 aliphatic carbocycles. The van der Waals surface area contributed by atoms with Crippen LogP contribution in [0.2, 0.25) is 0 Å². The van der Waals surface area contributed by atoms with Crippen molar-refractivity contribution in [2.24, 2.45) is 5.10 Å². The summed E-state index contributed by atoms with van der Waals surface area (Å²) in [5.74, 6) is -0.355. The summed E-state index contributed by atoms with van der Waals surface area (Å²) in [6, 6.07) is 5.83. The van der Waals surface area contributed by atoms with Crippen molar-refractivity contribution in [2.45, 2.75) is 0 Å². The van der Waals surface area contributed by atoms with Crippen LogP contribution in [0.4, 0.5) is 9.18 Å². The number of rotatable bonds is 2. The van der Waals surface area contributed by atoms with Crippen LogP contribution in [0.1, 0.15) is 5.56 Å². The van der Waals surface area contributed by atoms with Gasteiger partial charge < -0.3 is 4.74 Å². The summed E-state index contributed by atoms with van der Waals surface area (Å²) in [4.78, 5) is 10.5. The van der Waals surface area contributed by atoms with Crippen LogP contribution in [-0.2, 0) is 4.74 Å². The zero-order valence-electron chi connectivity index (χ0n) is 7.53. The Morgan fingerprint density at radius 2 is 2.43 bits per heavy atom. The number of hydrogen-bond acceptors (Lipinski definition) is 3. The van der Waals surface area contributed by atoms with Gasteiger partial charge >= 0.3 is 6.09 Å². The molecule has 1 amide bonds. The van der Waals surface area contributed by atoms with Crippen LogP contribution in [0, 0.1) is 5.82 Å². The van der Waals surface area contributed by atoms with Gasteiger partial charge in [-0.3, -0.25) is 0 Å². The van der Waals surface area contributed by atoms with E-state index < -0.39 is 6.09 Å². The van der Waals surface area contributed by atoms with Crippen molar-refractivity contribution in [1.82, 2.24) is 5.43 Å². The fourth-order valence-electron chi connectivity index (χ4n) is 0.792.